The Morgan fingerprint density at radius 3 is 2.67 bits per heavy atom. The highest BCUT2D eigenvalue weighted by atomic mass is 14.7. The van der Waals surface area contributed by atoms with Crippen LogP contribution >= 0.6 is 0 Å². The molecule has 0 aliphatic heterocycles. The van der Waals surface area contributed by atoms with Gasteiger partial charge < -0.3 is 4.98 Å². The summed E-state index contributed by atoms with van der Waals surface area (Å²) in [6.45, 7) is 6.79. The fourth-order valence-electron chi connectivity index (χ4n) is 2.15. The van der Waals surface area contributed by atoms with Gasteiger partial charge in [0.15, 0.2) is 0 Å². The minimum atomic E-state index is 0.725. The molecule has 0 spiro atoms. The van der Waals surface area contributed by atoms with E-state index >= 15 is 0 Å². The molecule has 1 aromatic heterocycles. The Bertz CT molecular complexity index is 451. The van der Waals surface area contributed by atoms with Crippen LogP contribution in [0, 0.1) is 5.92 Å². The summed E-state index contributed by atoms with van der Waals surface area (Å²) in [6.07, 6.45) is 4.32. The first-order chi connectivity index (χ1) is 7.20. The zero-order valence-electron chi connectivity index (χ0n) is 9.80. The van der Waals surface area contributed by atoms with E-state index in [4.69, 9.17) is 0 Å². The fraction of sp³-hybridized carbons (Fsp3) is 0.429. The van der Waals surface area contributed by atoms with Gasteiger partial charge in [-0.25, -0.2) is 0 Å². The van der Waals surface area contributed by atoms with Gasteiger partial charge in [-0.05, 0) is 53.5 Å². The van der Waals surface area contributed by atoms with Crippen LogP contribution in [0.5, 0.6) is 0 Å². The van der Waals surface area contributed by atoms with Crippen molar-refractivity contribution < 1.29 is 0 Å². The van der Waals surface area contributed by atoms with Crippen molar-refractivity contribution in [3.63, 3.8) is 0 Å². The predicted molar refractivity (Wildman–Crippen MR) is 66.2 cm³/mol. The van der Waals surface area contributed by atoms with Crippen LogP contribution in [0.25, 0.3) is 10.9 Å². The van der Waals surface area contributed by atoms with Crippen molar-refractivity contribution in [3.8, 4) is 0 Å². The molecule has 0 atom stereocenters. The van der Waals surface area contributed by atoms with E-state index in [-0.39, 0.29) is 0 Å². The predicted octanol–water partition coefficient (Wildman–Crippen LogP) is 3.93. The maximum absolute atomic E-state index is 3.28. The molecule has 1 nitrogen and oxygen atoms in total. The molecule has 1 heterocycles. The number of aromatic nitrogens is 1. The molecule has 0 amide bonds. The Balaban J connectivity index is 2.49. The van der Waals surface area contributed by atoms with Crippen molar-refractivity contribution in [1.29, 1.82) is 0 Å². The topological polar surface area (TPSA) is 15.8 Å². The molecule has 2 aromatic rings. The van der Waals surface area contributed by atoms with Gasteiger partial charge in [0.25, 0.3) is 0 Å². The Morgan fingerprint density at radius 2 is 2.00 bits per heavy atom. The number of fused-ring (bicyclic) bond motifs is 1. The quantitative estimate of drug-likeness (QED) is 0.774. The summed E-state index contributed by atoms with van der Waals surface area (Å²) < 4.78 is 0. The summed E-state index contributed by atoms with van der Waals surface area (Å²) in [4.78, 5) is 3.28. The van der Waals surface area contributed by atoms with Gasteiger partial charge in [0, 0.05) is 11.7 Å². The zero-order chi connectivity index (χ0) is 10.8. The van der Waals surface area contributed by atoms with Gasteiger partial charge in [0.05, 0.1) is 0 Å². The molecular weight excluding hydrogens is 182 g/mol. The van der Waals surface area contributed by atoms with Gasteiger partial charge in [-0.2, -0.15) is 0 Å². The van der Waals surface area contributed by atoms with Crippen LogP contribution < -0.4 is 0 Å². The number of hydrogen-bond acceptors (Lipinski definition) is 0. The highest BCUT2D eigenvalue weighted by Gasteiger charge is 2.06. The summed E-state index contributed by atoms with van der Waals surface area (Å²) in [5, 5.41) is 1.33. The first-order valence-corrected chi connectivity index (χ1v) is 5.79. The molecule has 0 aliphatic rings. The lowest BCUT2D eigenvalue weighted by atomic mass is 9.95. The Labute approximate surface area is 91.5 Å². The monoisotopic (exact) mass is 201 g/mol. The van der Waals surface area contributed by atoms with Gasteiger partial charge in [-0.15, -0.1) is 0 Å². The largest absolute Gasteiger partial charge is 0.361 e. The maximum Gasteiger partial charge on any atom is 0.0456 e. The average molecular weight is 201 g/mol. The third-order valence-corrected chi connectivity index (χ3v) is 2.88. The van der Waals surface area contributed by atoms with Gasteiger partial charge in [-0.3, -0.25) is 0 Å². The van der Waals surface area contributed by atoms with E-state index in [1.807, 2.05) is 6.20 Å². The molecular formula is C14H19N. The van der Waals surface area contributed by atoms with Crippen LogP contribution in [0.4, 0.5) is 0 Å². The van der Waals surface area contributed by atoms with E-state index in [2.05, 4.69) is 44.0 Å². The molecule has 15 heavy (non-hydrogen) atoms. The Kier molecular flexibility index (Phi) is 2.81. The number of aromatic amines is 1. The normalized spacial score (nSPS) is 11.5. The van der Waals surface area contributed by atoms with Crippen molar-refractivity contribution >= 4 is 10.9 Å². The standard InChI is InChI=1S/C14H19N/c1-4-11-8-12-5-6-15-14(12)9-13(11)7-10(2)3/h5-6,8-10,15H,4,7H2,1-3H3. The Morgan fingerprint density at radius 1 is 1.20 bits per heavy atom. The molecule has 0 aliphatic carbocycles. The number of benzene rings is 1. The van der Waals surface area contributed by atoms with Gasteiger partial charge in [0.2, 0.25) is 0 Å². The minimum absolute atomic E-state index is 0.725. The second-order valence-electron chi connectivity index (χ2n) is 4.64. The molecule has 0 saturated carbocycles. The van der Waals surface area contributed by atoms with E-state index in [0.717, 1.165) is 12.3 Å². The van der Waals surface area contributed by atoms with Gasteiger partial charge in [0.1, 0.15) is 0 Å². The first-order valence-electron chi connectivity index (χ1n) is 5.79. The SMILES string of the molecule is CCc1cc2cc[nH]c2cc1CC(C)C. The third kappa shape index (κ3) is 2.06. The highest BCUT2D eigenvalue weighted by molar-refractivity contribution is 5.81. The van der Waals surface area contributed by atoms with Crippen LogP contribution in [0.15, 0.2) is 24.4 Å². The molecule has 0 unspecified atom stereocenters. The third-order valence-electron chi connectivity index (χ3n) is 2.88. The molecule has 1 aromatic carbocycles. The summed E-state index contributed by atoms with van der Waals surface area (Å²) in [5.74, 6) is 0.725. The molecule has 0 bridgehead atoms. The molecule has 1 N–H and O–H groups in total. The highest BCUT2D eigenvalue weighted by Crippen LogP contribution is 2.22. The van der Waals surface area contributed by atoms with Crippen LogP contribution in [0.3, 0.4) is 0 Å². The first kappa shape index (κ1) is 10.3. The van der Waals surface area contributed by atoms with Gasteiger partial charge in [-0.1, -0.05) is 20.8 Å². The van der Waals surface area contributed by atoms with Crippen molar-refractivity contribution in [2.45, 2.75) is 33.6 Å². The summed E-state index contributed by atoms with van der Waals surface area (Å²) in [5.41, 5.74) is 4.26. The molecule has 80 valence electrons. The lowest BCUT2D eigenvalue weighted by molar-refractivity contribution is 0.643. The van der Waals surface area contributed by atoms with E-state index < -0.39 is 0 Å². The summed E-state index contributed by atoms with van der Waals surface area (Å²) >= 11 is 0. The average Bonchev–Trinajstić information content (AvgIpc) is 2.62. The zero-order valence-corrected chi connectivity index (χ0v) is 9.80. The van der Waals surface area contributed by atoms with E-state index in [1.165, 1.54) is 28.5 Å². The van der Waals surface area contributed by atoms with E-state index in [0.29, 0.717) is 0 Å². The lowest BCUT2D eigenvalue weighted by Gasteiger charge is -2.10. The lowest BCUT2D eigenvalue weighted by Crippen LogP contribution is -1.98. The second-order valence-corrected chi connectivity index (χ2v) is 4.64. The summed E-state index contributed by atoms with van der Waals surface area (Å²) in [7, 11) is 0. The molecule has 1 heteroatoms. The minimum Gasteiger partial charge on any atom is -0.361 e. The number of nitrogens with one attached hydrogen (secondary N) is 1. The Hall–Kier alpha value is -1.24. The van der Waals surface area contributed by atoms with Crippen molar-refractivity contribution in [3.05, 3.63) is 35.5 Å². The molecule has 0 radical (unpaired) electrons. The van der Waals surface area contributed by atoms with Gasteiger partial charge >= 0.3 is 0 Å². The summed E-state index contributed by atoms with van der Waals surface area (Å²) in [6, 6.07) is 6.78. The van der Waals surface area contributed by atoms with E-state index in [9.17, 15) is 0 Å². The van der Waals surface area contributed by atoms with Crippen molar-refractivity contribution in [2.24, 2.45) is 5.92 Å². The van der Waals surface area contributed by atoms with Crippen LogP contribution in [-0.2, 0) is 12.8 Å². The number of aryl methyl sites for hydroxylation is 1. The maximum atomic E-state index is 3.28. The number of rotatable bonds is 3. The number of hydrogen-bond donors (Lipinski definition) is 1. The number of H-pyrrole nitrogens is 1. The molecule has 0 saturated heterocycles. The molecule has 2 rings (SSSR count). The van der Waals surface area contributed by atoms with Crippen LogP contribution in [0.2, 0.25) is 0 Å². The van der Waals surface area contributed by atoms with Crippen LogP contribution in [-0.4, -0.2) is 4.98 Å². The van der Waals surface area contributed by atoms with E-state index in [1.54, 1.807) is 0 Å². The molecule has 0 fully saturated rings. The fourth-order valence-corrected chi connectivity index (χ4v) is 2.15. The second kappa shape index (κ2) is 4.09. The van der Waals surface area contributed by atoms with Crippen molar-refractivity contribution in [2.75, 3.05) is 0 Å². The smallest absolute Gasteiger partial charge is 0.0456 e. The van der Waals surface area contributed by atoms with Crippen LogP contribution in [0.1, 0.15) is 31.9 Å². The van der Waals surface area contributed by atoms with Crippen molar-refractivity contribution in [1.82, 2.24) is 4.98 Å².